The first-order chi connectivity index (χ1) is 4.95. The summed E-state index contributed by atoms with van der Waals surface area (Å²) in [5, 5.41) is 7.64. The predicted octanol–water partition coefficient (Wildman–Crippen LogP) is 2.65. The fourth-order valence-corrected chi connectivity index (χ4v) is 0.647. The van der Waals surface area contributed by atoms with Crippen LogP contribution in [0.15, 0.2) is 11.8 Å². The SMILES string of the molecule is OOC(=C(F)F)C(F)(F)CI. The molecule has 66 valence electrons. The van der Waals surface area contributed by atoms with Crippen LogP contribution in [0.4, 0.5) is 17.6 Å². The van der Waals surface area contributed by atoms with E-state index in [4.69, 9.17) is 5.26 Å². The normalized spacial score (nSPS) is 11.1. The topological polar surface area (TPSA) is 29.5 Å². The summed E-state index contributed by atoms with van der Waals surface area (Å²) < 4.78 is 46.6. The van der Waals surface area contributed by atoms with E-state index >= 15 is 0 Å². The third-order valence-electron chi connectivity index (χ3n) is 0.763. The van der Waals surface area contributed by atoms with Crippen molar-refractivity contribution < 1.29 is 27.7 Å². The molecule has 7 heteroatoms. The first-order valence-corrected chi connectivity index (χ1v) is 3.79. The lowest BCUT2D eigenvalue weighted by molar-refractivity contribution is -0.235. The van der Waals surface area contributed by atoms with Crippen LogP contribution in [0.3, 0.4) is 0 Å². The number of hydrogen-bond donors (Lipinski definition) is 1. The molecule has 0 aromatic rings. The summed E-state index contributed by atoms with van der Waals surface area (Å²) in [6, 6.07) is 0. The lowest BCUT2D eigenvalue weighted by Gasteiger charge is -2.11. The standard InChI is InChI=1S/C4H3F4IO2/c5-3(6)2(11-10)4(7,8)1-9/h10H,1H2. The average Bonchev–Trinajstić information content (AvgIpc) is 1.88. The van der Waals surface area contributed by atoms with Gasteiger partial charge in [-0.25, -0.2) is 5.26 Å². The second-order valence-electron chi connectivity index (χ2n) is 1.52. The molecule has 2 nitrogen and oxygen atoms in total. The highest BCUT2D eigenvalue weighted by atomic mass is 127. The molecule has 0 aromatic heterocycles. The largest absolute Gasteiger partial charge is 0.332 e. The number of allylic oxidation sites excluding steroid dienone is 1. The summed E-state index contributed by atoms with van der Waals surface area (Å²) >= 11 is 1.19. The lowest BCUT2D eigenvalue weighted by atomic mass is 10.3. The molecule has 0 saturated carbocycles. The monoisotopic (exact) mass is 286 g/mol. The maximum absolute atomic E-state index is 12.2. The molecule has 0 aromatic carbocycles. The van der Waals surface area contributed by atoms with Gasteiger partial charge >= 0.3 is 12.0 Å². The van der Waals surface area contributed by atoms with Crippen LogP contribution in [0.2, 0.25) is 0 Å². The van der Waals surface area contributed by atoms with Gasteiger partial charge < -0.3 is 4.89 Å². The Morgan fingerprint density at radius 2 is 1.91 bits per heavy atom. The Bertz CT molecular complexity index is 165. The first kappa shape index (κ1) is 11.0. The number of alkyl halides is 3. The number of rotatable bonds is 3. The van der Waals surface area contributed by atoms with Gasteiger partial charge in [0, 0.05) is 0 Å². The van der Waals surface area contributed by atoms with Crippen molar-refractivity contribution in [1.82, 2.24) is 0 Å². The van der Waals surface area contributed by atoms with Gasteiger partial charge in [0.15, 0.2) is 0 Å². The Hall–Kier alpha value is -0.0500. The van der Waals surface area contributed by atoms with E-state index < -0.39 is 22.2 Å². The Balaban J connectivity index is 4.65. The summed E-state index contributed by atoms with van der Waals surface area (Å²) in [7, 11) is 0. The lowest BCUT2D eigenvalue weighted by Crippen LogP contribution is -2.23. The molecule has 0 spiro atoms. The average molecular weight is 286 g/mol. The minimum Gasteiger partial charge on any atom is -0.332 e. The Morgan fingerprint density at radius 1 is 1.45 bits per heavy atom. The van der Waals surface area contributed by atoms with Crippen LogP contribution < -0.4 is 0 Å². The molecule has 0 aliphatic carbocycles. The summed E-state index contributed by atoms with van der Waals surface area (Å²) in [6.45, 7) is 0. The Morgan fingerprint density at radius 3 is 2.00 bits per heavy atom. The number of halogens is 5. The molecule has 0 unspecified atom stereocenters. The maximum atomic E-state index is 12.2. The summed E-state index contributed by atoms with van der Waals surface area (Å²) in [4.78, 5) is 2.84. The van der Waals surface area contributed by atoms with Crippen molar-refractivity contribution in [2.75, 3.05) is 4.43 Å². The summed E-state index contributed by atoms with van der Waals surface area (Å²) in [5.74, 6) is -5.82. The Kier molecular flexibility index (Phi) is 4.08. The molecule has 0 bridgehead atoms. The number of hydrogen-bond acceptors (Lipinski definition) is 2. The van der Waals surface area contributed by atoms with E-state index in [1.807, 2.05) is 0 Å². The molecule has 0 rings (SSSR count). The smallest absolute Gasteiger partial charge is 0.322 e. The van der Waals surface area contributed by atoms with Crippen LogP contribution in [-0.4, -0.2) is 15.6 Å². The Labute approximate surface area is 72.9 Å². The van der Waals surface area contributed by atoms with Crippen molar-refractivity contribution in [3.63, 3.8) is 0 Å². The highest BCUT2D eigenvalue weighted by Crippen LogP contribution is 2.30. The zero-order valence-corrected chi connectivity index (χ0v) is 7.11. The van der Waals surface area contributed by atoms with E-state index in [0.717, 1.165) is 0 Å². The van der Waals surface area contributed by atoms with Gasteiger partial charge in [0.25, 0.3) is 5.76 Å². The third kappa shape index (κ3) is 2.81. The molecule has 11 heavy (non-hydrogen) atoms. The van der Waals surface area contributed by atoms with Crippen LogP contribution in [0.25, 0.3) is 0 Å². The van der Waals surface area contributed by atoms with E-state index in [-0.39, 0.29) is 0 Å². The van der Waals surface area contributed by atoms with Gasteiger partial charge in [-0.1, -0.05) is 22.6 Å². The van der Waals surface area contributed by atoms with E-state index in [0.29, 0.717) is 0 Å². The van der Waals surface area contributed by atoms with Crippen LogP contribution in [-0.2, 0) is 4.89 Å². The van der Waals surface area contributed by atoms with Crippen LogP contribution >= 0.6 is 22.6 Å². The molecule has 0 aliphatic rings. The van der Waals surface area contributed by atoms with Crippen molar-refractivity contribution in [2.24, 2.45) is 0 Å². The van der Waals surface area contributed by atoms with Crippen molar-refractivity contribution in [3.8, 4) is 0 Å². The minimum absolute atomic E-state index is 0.891. The van der Waals surface area contributed by atoms with E-state index in [1.165, 1.54) is 22.6 Å². The van der Waals surface area contributed by atoms with Gasteiger partial charge in [0.05, 0.1) is 4.43 Å². The van der Waals surface area contributed by atoms with Crippen molar-refractivity contribution in [1.29, 1.82) is 0 Å². The molecule has 0 amide bonds. The van der Waals surface area contributed by atoms with Gasteiger partial charge in [-0.15, -0.1) is 0 Å². The molecule has 0 atom stereocenters. The van der Waals surface area contributed by atoms with Gasteiger partial charge in [0.2, 0.25) is 0 Å². The van der Waals surface area contributed by atoms with E-state index in [2.05, 4.69) is 4.89 Å². The zero-order valence-electron chi connectivity index (χ0n) is 4.95. The summed E-state index contributed by atoms with van der Waals surface area (Å²) in [5.41, 5.74) is 0. The molecule has 0 saturated heterocycles. The highest BCUT2D eigenvalue weighted by molar-refractivity contribution is 14.1. The van der Waals surface area contributed by atoms with E-state index in [1.54, 1.807) is 0 Å². The van der Waals surface area contributed by atoms with Crippen molar-refractivity contribution in [2.45, 2.75) is 5.92 Å². The van der Waals surface area contributed by atoms with Crippen LogP contribution in [0.5, 0.6) is 0 Å². The van der Waals surface area contributed by atoms with E-state index in [9.17, 15) is 17.6 Å². The third-order valence-corrected chi connectivity index (χ3v) is 1.72. The fourth-order valence-electron chi connectivity index (χ4n) is 0.300. The summed E-state index contributed by atoms with van der Waals surface area (Å²) in [6.07, 6.45) is -2.73. The highest BCUT2D eigenvalue weighted by Gasteiger charge is 2.39. The molecule has 0 aliphatic heterocycles. The van der Waals surface area contributed by atoms with Crippen LogP contribution in [0.1, 0.15) is 0 Å². The van der Waals surface area contributed by atoms with Crippen molar-refractivity contribution >= 4 is 22.6 Å². The second-order valence-corrected chi connectivity index (χ2v) is 2.28. The fraction of sp³-hybridized carbons (Fsp3) is 0.500. The quantitative estimate of drug-likeness (QED) is 0.216. The van der Waals surface area contributed by atoms with Gasteiger partial charge in [-0.3, -0.25) is 0 Å². The van der Waals surface area contributed by atoms with Gasteiger partial charge in [-0.05, 0) is 0 Å². The minimum atomic E-state index is -3.83. The second kappa shape index (κ2) is 4.10. The molecule has 0 radical (unpaired) electrons. The molecule has 0 heterocycles. The molecule has 1 N–H and O–H groups in total. The van der Waals surface area contributed by atoms with Gasteiger partial charge in [0.1, 0.15) is 0 Å². The first-order valence-electron chi connectivity index (χ1n) is 2.26. The zero-order chi connectivity index (χ0) is 9.07. The maximum Gasteiger partial charge on any atom is 0.322 e. The van der Waals surface area contributed by atoms with Crippen molar-refractivity contribution in [3.05, 3.63) is 11.8 Å². The molecular formula is C4H3F4IO2. The van der Waals surface area contributed by atoms with Crippen LogP contribution in [0, 0.1) is 0 Å². The van der Waals surface area contributed by atoms with Gasteiger partial charge in [-0.2, -0.15) is 17.6 Å². The molecule has 0 fully saturated rings. The molecular weight excluding hydrogens is 283 g/mol. The predicted molar refractivity (Wildman–Crippen MR) is 36.8 cm³/mol.